The van der Waals surface area contributed by atoms with Crippen molar-refractivity contribution in [3.05, 3.63) is 23.8 Å². The number of aromatic hydroxyl groups is 1. The average molecular weight is 312 g/mol. The molecule has 1 aromatic rings. The Bertz CT molecular complexity index is 535. The Morgan fingerprint density at radius 2 is 2.09 bits per heavy atom. The van der Waals surface area contributed by atoms with Gasteiger partial charge in [0.1, 0.15) is 19.1 Å². The van der Waals surface area contributed by atoms with Crippen molar-refractivity contribution in [3.8, 4) is 11.5 Å². The fourth-order valence-corrected chi connectivity index (χ4v) is 1.99. The van der Waals surface area contributed by atoms with Gasteiger partial charge in [0.15, 0.2) is 11.5 Å². The molecule has 0 saturated heterocycles. The lowest BCUT2D eigenvalue weighted by atomic mass is 9.91. The molecule has 2 atom stereocenters. The number of hydrogen-bond acceptors (Lipinski definition) is 5. The third-order valence-electron chi connectivity index (χ3n) is 3.25. The molecule has 6 nitrogen and oxygen atoms in total. The second-order valence-electron chi connectivity index (χ2n) is 5.03. The maximum atomic E-state index is 12.0. The monoisotopic (exact) mass is 312 g/mol. The summed E-state index contributed by atoms with van der Waals surface area (Å²) in [5.41, 5.74) is 6.16. The van der Waals surface area contributed by atoms with E-state index in [1.807, 2.05) is 0 Å². The van der Waals surface area contributed by atoms with E-state index >= 15 is 0 Å². The minimum atomic E-state index is -1.06. The Labute approximate surface area is 127 Å². The topological polar surface area (TPSA) is 110 Å². The number of carbonyl (C=O) groups is 2. The zero-order chi connectivity index (χ0) is 16.7. The number of halogens is 1. The van der Waals surface area contributed by atoms with Crippen molar-refractivity contribution in [2.75, 3.05) is 13.3 Å². The van der Waals surface area contributed by atoms with Gasteiger partial charge >= 0.3 is 5.97 Å². The third kappa shape index (κ3) is 5.33. The molecule has 0 spiro atoms. The van der Waals surface area contributed by atoms with Gasteiger partial charge in [0.25, 0.3) is 0 Å². The highest BCUT2D eigenvalue weighted by Gasteiger charge is 2.23. The van der Waals surface area contributed by atoms with E-state index < -0.39 is 24.6 Å². The van der Waals surface area contributed by atoms with Crippen molar-refractivity contribution in [1.82, 2.24) is 0 Å². The third-order valence-corrected chi connectivity index (χ3v) is 3.25. The number of carboxylic acids is 1. The molecule has 0 heterocycles. The van der Waals surface area contributed by atoms with E-state index in [4.69, 9.17) is 10.5 Å². The van der Waals surface area contributed by atoms with Gasteiger partial charge in [-0.3, -0.25) is 9.59 Å². The summed E-state index contributed by atoms with van der Waals surface area (Å²) in [6.07, 6.45) is 0.138. The lowest BCUT2D eigenvalue weighted by Gasteiger charge is -2.16. The fraction of sp³-hybridized carbons (Fsp3) is 0.467. The fourth-order valence-electron chi connectivity index (χ4n) is 1.99. The summed E-state index contributed by atoms with van der Waals surface area (Å²) in [4.78, 5) is 22.4. The van der Waals surface area contributed by atoms with Gasteiger partial charge in [0.2, 0.25) is 0 Å². The Balaban J connectivity index is 2.79. The molecule has 0 fully saturated rings. The molecule has 0 aliphatic carbocycles. The average Bonchev–Trinajstić information content (AvgIpc) is 2.45. The van der Waals surface area contributed by atoms with Crippen LogP contribution in [0.3, 0.4) is 0 Å². The van der Waals surface area contributed by atoms with Crippen molar-refractivity contribution in [1.29, 1.82) is 0 Å². The quantitative estimate of drug-likeness (QED) is 0.634. The molecule has 4 N–H and O–H groups in total. The highest BCUT2D eigenvalue weighted by molar-refractivity contribution is 5.82. The molecule has 0 radical (unpaired) electrons. The van der Waals surface area contributed by atoms with Crippen molar-refractivity contribution < 1.29 is 28.9 Å². The van der Waals surface area contributed by atoms with Crippen LogP contribution in [0.5, 0.6) is 11.5 Å². The van der Waals surface area contributed by atoms with Crippen LogP contribution in [-0.4, -0.2) is 41.3 Å². The molecule has 1 unspecified atom stereocenters. The Hall–Kier alpha value is -2.15. The summed E-state index contributed by atoms with van der Waals surface area (Å²) < 4.78 is 17.0. The SMILES string of the molecule is CC(=O)[C@@H](N)CC(Cc1ccc(OCC[18F])c(O)c1)C(=O)O. The molecule has 0 amide bonds. The predicted molar refractivity (Wildman–Crippen MR) is 77.7 cm³/mol. The summed E-state index contributed by atoms with van der Waals surface area (Å²) in [5, 5.41) is 19.0. The van der Waals surface area contributed by atoms with Crippen LogP contribution >= 0.6 is 0 Å². The first-order valence-corrected chi connectivity index (χ1v) is 6.84. The number of ether oxygens (including phenoxy) is 1. The molecular formula is C15H20FNO5. The van der Waals surface area contributed by atoms with Crippen LogP contribution < -0.4 is 10.5 Å². The maximum Gasteiger partial charge on any atom is 0.306 e. The van der Waals surface area contributed by atoms with Crippen molar-refractivity contribution >= 4 is 11.8 Å². The largest absolute Gasteiger partial charge is 0.504 e. The van der Waals surface area contributed by atoms with Gasteiger partial charge in [0.05, 0.1) is 12.0 Å². The van der Waals surface area contributed by atoms with Gasteiger partial charge in [0, 0.05) is 0 Å². The van der Waals surface area contributed by atoms with E-state index in [1.165, 1.54) is 19.1 Å². The number of carboxylic acid groups (broad SMARTS) is 1. The summed E-state index contributed by atoms with van der Waals surface area (Å²) in [6.45, 7) is 0.468. The number of rotatable bonds is 9. The Morgan fingerprint density at radius 3 is 2.59 bits per heavy atom. The zero-order valence-electron chi connectivity index (χ0n) is 12.3. The summed E-state index contributed by atoms with van der Waals surface area (Å²) >= 11 is 0. The number of phenols is 1. The van der Waals surface area contributed by atoms with Crippen molar-refractivity contribution in [3.63, 3.8) is 0 Å². The van der Waals surface area contributed by atoms with E-state index in [9.17, 15) is 24.2 Å². The van der Waals surface area contributed by atoms with E-state index in [2.05, 4.69) is 0 Å². The highest BCUT2D eigenvalue weighted by atomic mass is 18.2. The second kappa shape index (κ2) is 8.33. The predicted octanol–water partition coefficient (Wildman–Crippen LogP) is 1.29. The normalized spacial score (nSPS) is 13.4. The van der Waals surface area contributed by atoms with Crippen LogP contribution in [0.1, 0.15) is 18.9 Å². The van der Waals surface area contributed by atoms with Crippen LogP contribution in [-0.2, 0) is 16.0 Å². The molecule has 0 saturated carbocycles. The lowest BCUT2D eigenvalue weighted by molar-refractivity contribution is -0.142. The van der Waals surface area contributed by atoms with Gasteiger partial charge in [-0.2, -0.15) is 0 Å². The number of benzene rings is 1. The number of nitrogens with two attached hydrogens (primary N) is 1. The molecule has 0 aliphatic heterocycles. The Kier molecular flexibility index (Phi) is 6.78. The van der Waals surface area contributed by atoms with Crippen LogP contribution in [0.25, 0.3) is 0 Å². The molecule has 7 heteroatoms. The molecule has 122 valence electrons. The number of alkyl halides is 1. The van der Waals surface area contributed by atoms with Crippen LogP contribution in [0, 0.1) is 5.92 Å². The summed E-state index contributed by atoms with van der Waals surface area (Å²) in [6, 6.07) is 3.57. The molecule has 1 aromatic carbocycles. The maximum absolute atomic E-state index is 12.0. The summed E-state index contributed by atoms with van der Waals surface area (Å²) in [5.74, 6) is -2.23. The van der Waals surface area contributed by atoms with Crippen LogP contribution in [0.4, 0.5) is 4.39 Å². The number of carbonyl (C=O) groups excluding carboxylic acids is 1. The van der Waals surface area contributed by atoms with Gasteiger partial charge < -0.3 is 20.7 Å². The molecule has 0 bridgehead atoms. The van der Waals surface area contributed by atoms with E-state index in [1.54, 1.807) is 6.07 Å². The lowest BCUT2D eigenvalue weighted by Crippen LogP contribution is -2.33. The highest BCUT2D eigenvalue weighted by Crippen LogP contribution is 2.28. The van der Waals surface area contributed by atoms with E-state index in [-0.39, 0.29) is 36.7 Å². The molecule has 0 aromatic heterocycles. The molecule has 0 aliphatic rings. The first kappa shape index (κ1) is 17.9. The number of phenolic OH excluding ortho intramolecular Hbond substituents is 1. The smallest absolute Gasteiger partial charge is 0.306 e. The van der Waals surface area contributed by atoms with Gasteiger partial charge in [-0.15, -0.1) is 0 Å². The standard InChI is InChI=1S/C15H20FNO5/c1-9(18)12(17)8-11(15(20)21)6-10-2-3-14(13(19)7-10)22-5-4-16/h2-3,7,11-12,19H,4-6,8,17H2,1H3,(H,20,21)/t11?,12-/m0/s1/i16-1. The number of hydrogen-bond donors (Lipinski definition) is 3. The van der Waals surface area contributed by atoms with Crippen molar-refractivity contribution in [2.24, 2.45) is 11.7 Å². The van der Waals surface area contributed by atoms with Crippen LogP contribution in [0.15, 0.2) is 18.2 Å². The summed E-state index contributed by atoms with van der Waals surface area (Å²) in [7, 11) is 0. The first-order chi connectivity index (χ1) is 10.3. The Morgan fingerprint density at radius 1 is 1.41 bits per heavy atom. The van der Waals surface area contributed by atoms with Gasteiger partial charge in [-0.25, -0.2) is 4.39 Å². The second-order valence-corrected chi connectivity index (χ2v) is 5.03. The number of Topliss-reactive ketones (excluding diaryl/α,β-unsaturated/α-hetero) is 1. The number of ketones is 1. The first-order valence-electron chi connectivity index (χ1n) is 6.84. The van der Waals surface area contributed by atoms with Crippen molar-refractivity contribution in [2.45, 2.75) is 25.8 Å². The molecular weight excluding hydrogens is 292 g/mol. The zero-order valence-corrected chi connectivity index (χ0v) is 12.3. The minimum Gasteiger partial charge on any atom is -0.504 e. The van der Waals surface area contributed by atoms with Gasteiger partial charge in [-0.1, -0.05) is 6.07 Å². The van der Waals surface area contributed by atoms with Gasteiger partial charge in [-0.05, 0) is 37.5 Å². The van der Waals surface area contributed by atoms with Crippen LogP contribution in [0.2, 0.25) is 0 Å². The molecule has 1 rings (SSSR count). The number of aliphatic carboxylic acids is 1. The minimum absolute atomic E-state index is 0.0194. The molecule has 22 heavy (non-hydrogen) atoms. The van der Waals surface area contributed by atoms with E-state index in [0.717, 1.165) is 0 Å². The van der Waals surface area contributed by atoms with E-state index in [0.29, 0.717) is 5.56 Å².